The number of hydroxylamine groups is 1. The third-order valence-corrected chi connectivity index (χ3v) is 5.67. The fourth-order valence-corrected chi connectivity index (χ4v) is 3.88. The minimum atomic E-state index is -0.876. The maximum Gasteiger partial charge on any atom is 0.247 e. The number of ether oxygens (including phenoxy) is 1. The van der Waals surface area contributed by atoms with E-state index in [1.54, 1.807) is 17.6 Å². The SMILES string of the molecule is CCCC[C@H]1C(=O)N[C@H](C(=O)NCCCF)Cc2ccc(cc2)OCCC[C@@H]1C(=O)NO. The summed E-state index contributed by atoms with van der Waals surface area (Å²) < 4.78 is 18.2. The van der Waals surface area contributed by atoms with E-state index in [-0.39, 0.29) is 19.4 Å². The highest BCUT2D eigenvalue weighted by Gasteiger charge is 2.35. The first-order chi connectivity index (χ1) is 15.5. The lowest BCUT2D eigenvalue weighted by Gasteiger charge is -2.28. The molecule has 1 aromatic carbocycles. The van der Waals surface area contributed by atoms with Crippen molar-refractivity contribution in [2.45, 2.75) is 57.9 Å². The van der Waals surface area contributed by atoms with Crippen LogP contribution in [-0.2, 0) is 20.8 Å². The van der Waals surface area contributed by atoms with Crippen molar-refractivity contribution >= 4 is 17.7 Å². The van der Waals surface area contributed by atoms with Gasteiger partial charge in [0.2, 0.25) is 17.7 Å². The van der Waals surface area contributed by atoms with Crippen molar-refractivity contribution < 1.29 is 28.7 Å². The molecular weight excluding hydrogens is 417 g/mol. The molecule has 0 radical (unpaired) electrons. The van der Waals surface area contributed by atoms with Crippen LogP contribution in [0.25, 0.3) is 0 Å². The molecule has 1 aromatic rings. The molecule has 0 spiro atoms. The molecule has 3 amide bonds. The summed E-state index contributed by atoms with van der Waals surface area (Å²) in [6.45, 7) is 1.98. The van der Waals surface area contributed by atoms with E-state index in [4.69, 9.17) is 4.74 Å². The smallest absolute Gasteiger partial charge is 0.247 e. The average Bonchev–Trinajstić information content (AvgIpc) is 2.80. The number of rotatable bonds is 8. The number of hydrogen-bond donors (Lipinski definition) is 4. The van der Waals surface area contributed by atoms with Crippen molar-refractivity contribution in [3.63, 3.8) is 0 Å². The number of nitrogens with one attached hydrogen (secondary N) is 3. The molecule has 8 nitrogen and oxygen atoms in total. The van der Waals surface area contributed by atoms with Gasteiger partial charge in [-0.15, -0.1) is 0 Å². The van der Waals surface area contributed by atoms with Crippen molar-refractivity contribution in [1.82, 2.24) is 16.1 Å². The van der Waals surface area contributed by atoms with E-state index in [0.717, 1.165) is 18.4 Å². The lowest BCUT2D eigenvalue weighted by atomic mass is 9.83. The molecule has 2 aliphatic rings. The summed E-state index contributed by atoms with van der Waals surface area (Å²) >= 11 is 0. The molecule has 3 rings (SSSR count). The van der Waals surface area contributed by atoms with Crippen LogP contribution in [0.15, 0.2) is 24.3 Å². The second kappa shape index (κ2) is 13.7. The number of amides is 3. The Morgan fingerprint density at radius 3 is 2.62 bits per heavy atom. The van der Waals surface area contributed by atoms with E-state index in [1.165, 1.54) is 0 Å². The highest BCUT2D eigenvalue weighted by molar-refractivity contribution is 5.91. The van der Waals surface area contributed by atoms with Crippen LogP contribution in [0.5, 0.6) is 5.75 Å². The van der Waals surface area contributed by atoms with Gasteiger partial charge in [-0.3, -0.25) is 24.0 Å². The summed E-state index contributed by atoms with van der Waals surface area (Å²) in [4.78, 5) is 38.5. The Bertz CT molecular complexity index is 744. The van der Waals surface area contributed by atoms with Gasteiger partial charge in [0.05, 0.1) is 19.2 Å². The standard InChI is InChI=1S/C23H34FN3O5/c1-2-3-6-18-19(22(29)27-31)7-4-14-32-17-10-8-16(9-11-17)15-20(26-21(18)28)23(30)25-13-5-12-24/h8-11,18-20,31H,2-7,12-15H2,1H3,(H,25,30)(H,26,28)(H,27,29)/t18-,19+,20+/m1/s1. The van der Waals surface area contributed by atoms with E-state index < -0.39 is 42.3 Å². The summed E-state index contributed by atoms with van der Waals surface area (Å²) in [6, 6.07) is 6.39. The van der Waals surface area contributed by atoms with Gasteiger partial charge in [-0.2, -0.15) is 0 Å². The van der Waals surface area contributed by atoms with Gasteiger partial charge in [0, 0.05) is 18.9 Å². The third kappa shape index (κ3) is 7.78. The average molecular weight is 452 g/mol. The minimum Gasteiger partial charge on any atom is -0.494 e. The van der Waals surface area contributed by atoms with Gasteiger partial charge in [0.25, 0.3) is 0 Å². The van der Waals surface area contributed by atoms with Crippen molar-refractivity contribution in [1.29, 1.82) is 0 Å². The highest BCUT2D eigenvalue weighted by atomic mass is 19.1. The molecule has 0 aromatic heterocycles. The predicted octanol–water partition coefficient (Wildman–Crippen LogP) is 2.29. The normalized spacial score (nSPS) is 21.7. The molecule has 0 unspecified atom stereocenters. The van der Waals surface area contributed by atoms with Crippen LogP contribution >= 0.6 is 0 Å². The molecule has 0 fully saturated rings. The van der Waals surface area contributed by atoms with Crippen molar-refractivity contribution in [2.24, 2.45) is 11.8 Å². The molecule has 0 saturated heterocycles. The number of unbranched alkanes of at least 4 members (excludes halogenated alkanes) is 1. The first kappa shape index (κ1) is 25.6. The monoisotopic (exact) mass is 451 g/mol. The molecule has 0 saturated carbocycles. The fraction of sp³-hybridized carbons (Fsp3) is 0.609. The lowest BCUT2D eigenvalue weighted by Crippen LogP contribution is -2.51. The Morgan fingerprint density at radius 2 is 1.97 bits per heavy atom. The molecule has 32 heavy (non-hydrogen) atoms. The molecule has 178 valence electrons. The molecular formula is C23H34FN3O5. The Labute approximate surface area is 188 Å². The second-order valence-corrected chi connectivity index (χ2v) is 8.06. The second-order valence-electron chi connectivity index (χ2n) is 8.06. The summed E-state index contributed by atoms with van der Waals surface area (Å²) in [7, 11) is 0. The molecule has 0 aliphatic carbocycles. The van der Waals surface area contributed by atoms with E-state index in [1.807, 2.05) is 19.1 Å². The van der Waals surface area contributed by atoms with Crippen LogP contribution in [0.3, 0.4) is 0 Å². The Balaban J connectivity index is 2.33. The van der Waals surface area contributed by atoms with Gasteiger partial charge >= 0.3 is 0 Å². The quantitative estimate of drug-likeness (QED) is 0.275. The minimum absolute atomic E-state index is 0.170. The first-order valence-corrected chi connectivity index (χ1v) is 11.3. The third-order valence-electron chi connectivity index (χ3n) is 5.67. The number of halogens is 1. The molecule has 2 aliphatic heterocycles. The summed E-state index contributed by atoms with van der Waals surface area (Å²) in [5.41, 5.74) is 2.51. The van der Waals surface area contributed by atoms with E-state index >= 15 is 0 Å². The van der Waals surface area contributed by atoms with E-state index in [2.05, 4.69) is 10.6 Å². The topological polar surface area (TPSA) is 117 Å². The Morgan fingerprint density at radius 1 is 1.22 bits per heavy atom. The zero-order chi connectivity index (χ0) is 23.3. The summed E-state index contributed by atoms with van der Waals surface area (Å²) in [5.74, 6) is -2.23. The largest absolute Gasteiger partial charge is 0.494 e. The van der Waals surface area contributed by atoms with Crippen LogP contribution in [0.2, 0.25) is 0 Å². The van der Waals surface area contributed by atoms with Gasteiger partial charge in [-0.05, 0) is 43.4 Å². The number of benzene rings is 1. The number of carbonyl (C=O) groups excluding carboxylic acids is 3. The maximum atomic E-state index is 13.3. The zero-order valence-electron chi connectivity index (χ0n) is 18.6. The van der Waals surface area contributed by atoms with Gasteiger partial charge in [0.15, 0.2) is 0 Å². The molecule has 9 heteroatoms. The van der Waals surface area contributed by atoms with Crippen LogP contribution in [0.1, 0.15) is 51.0 Å². The first-order valence-electron chi connectivity index (χ1n) is 11.3. The fourth-order valence-electron chi connectivity index (χ4n) is 3.88. The number of carbonyl (C=O) groups is 3. The number of hydrogen-bond acceptors (Lipinski definition) is 5. The van der Waals surface area contributed by atoms with Gasteiger partial charge < -0.3 is 15.4 Å². The van der Waals surface area contributed by atoms with Crippen LogP contribution < -0.4 is 20.9 Å². The summed E-state index contributed by atoms with van der Waals surface area (Å²) in [6.07, 6.45) is 3.30. The zero-order valence-corrected chi connectivity index (χ0v) is 18.6. The van der Waals surface area contributed by atoms with E-state index in [9.17, 15) is 24.0 Å². The Kier molecular flexibility index (Phi) is 10.9. The van der Waals surface area contributed by atoms with Crippen LogP contribution in [0.4, 0.5) is 4.39 Å². The number of fused-ring (bicyclic) bond motifs is 11. The maximum absolute atomic E-state index is 13.3. The van der Waals surface area contributed by atoms with Gasteiger partial charge in [0.1, 0.15) is 11.8 Å². The molecule has 2 heterocycles. The van der Waals surface area contributed by atoms with Crippen molar-refractivity contribution in [3.8, 4) is 5.75 Å². The van der Waals surface area contributed by atoms with Gasteiger partial charge in [-0.25, -0.2) is 5.48 Å². The van der Waals surface area contributed by atoms with Crippen molar-refractivity contribution in [2.75, 3.05) is 19.8 Å². The molecule has 2 bridgehead atoms. The number of alkyl halides is 1. The van der Waals surface area contributed by atoms with E-state index in [0.29, 0.717) is 31.6 Å². The predicted molar refractivity (Wildman–Crippen MR) is 117 cm³/mol. The van der Waals surface area contributed by atoms with Crippen LogP contribution in [0, 0.1) is 11.8 Å². The summed E-state index contributed by atoms with van der Waals surface area (Å²) in [5, 5.41) is 14.7. The molecule has 4 N–H and O–H groups in total. The Hall–Kier alpha value is -2.68. The van der Waals surface area contributed by atoms with Crippen LogP contribution in [-0.4, -0.2) is 48.8 Å². The lowest BCUT2D eigenvalue weighted by molar-refractivity contribution is -0.141. The van der Waals surface area contributed by atoms with Gasteiger partial charge in [-0.1, -0.05) is 31.9 Å². The molecule has 3 atom stereocenters. The highest BCUT2D eigenvalue weighted by Crippen LogP contribution is 2.25. The van der Waals surface area contributed by atoms with Crippen molar-refractivity contribution in [3.05, 3.63) is 29.8 Å².